The van der Waals surface area contributed by atoms with E-state index in [1.807, 2.05) is 0 Å². The molecule has 0 saturated heterocycles. The Morgan fingerprint density at radius 3 is 1.46 bits per heavy atom. The lowest BCUT2D eigenvalue weighted by atomic mass is 9.59. The second-order valence-electron chi connectivity index (χ2n) is 17.0. The summed E-state index contributed by atoms with van der Waals surface area (Å²) in [5.74, 6) is 0. The summed E-state index contributed by atoms with van der Waals surface area (Å²) in [5.41, 5.74) is 25.9. The van der Waals surface area contributed by atoms with Crippen LogP contribution in [-0.2, 0) is 5.41 Å². The average molecular weight is 707 g/mol. The lowest BCUT2D eigenvalue weighted by Gasteiger charge is -2.28. The zero-order chi connectivity index (χ0) is 38.9. The fourth-order valence-corrected chi connectivity index (χ4v) is 10.5. The van der Waals surface area contributed by atoms with Crippen molar-refractivity contribution >= 4 is 150 Å². The molecule has 0 N–H and O–H groups in total. The Balaban J connectivity index is 1.33. The van der Waals surface area contributed by atoms with Gasteiger partial charge in [-0.05, 0) is 89.3 Å². The Labute approximate surface area is 336 Å². The van der Waals surface area contributed by atoms with Crippen LogP contribution < -0.4 is 43.7 Å². The van der Waals surface area contributed by atoms with E-state index in [9.17, 15) is 0 Å². The van der Waals surface area contributed by atoms with Crippen molar-refractivity contribution in [3.63, 3.8) is 0 Å². The van der Waals surface area contributed by atoms with Crippen LogP contribution in [0, 0.1) is 0 Å². The van der Waals surface area contributed by atoms with Crippen LogP contribution in [0.1, 0.15) is 25.0 Å². The van der Waals surface area contributed by atoms with Gasteiger partial charge in [0.15, 0.2) is 0 Å². The van der Waals surface area contributed by atoms with E-state index >= 15 is 0 Å². The molecule has 1 aliphatic rings. The van der Waals surface area contributed by atoms with Crippen LogP contribution in [0.4, 0.5) is 0 Å². The Hall–Kier alpha value is -5.40. The molecule has 9 heteroatoms. The highest BCUT2D eigenvalue weighted by Crippen LogP contribution is 2.52. The van der Waals surface area contributed by atoms with E-state index in [0.717, 1.165) is 16.6 Å². The van der Waals surface area contributed by atoms with Crippen molar-refractivity contribution in [3.8, 4) is 44.5 Å². The molecule has 1 aromatic heterocycles. The Kier molecular flexibility index (Phi) is 7.70. The lowest BCUT2D eigenvalue weighted by molar-refractivity contribution is 0.660. The van der Waals surface area contributed by atoms with Gasteiger partial charge >= 0.3 is 0 Å². The highest BCUT2D eigenvalue weighted by atomic mass is 16.3. The first-order chi connectivity index (χ1) is 26.9. The third kappa shape index (κ3) is 4.61. The zero-order valence-corrected chi connectivity index (χ0v) is 34.3. The third-order valence-electron chi connectivity index (χ3n) is 14.1. The molecular formula is C47H40B8O. The number of hydrogen-bond donors (Lipinski definition) is 0. The summed E-state index contributed by atoms with van der Waals surface area (Å²) < 4.78 is 6.53. The molecule has 0 radical (unpaired) electrons. The van der Waals surface area contributed by atoms with E-state index in [-0.39, 0.29) is 5.41 Å². The van der Waals surface area contributed by atoms with Crippen molar-refractivity contribution in [2.75, 3.05) is 0 Å². The minimum Gasteiger partial charge on any atom is -0.456 e. The standard InChI is InChI=1S/C47H40B8O/c1-47(2)27-13-5-3-9-24(27)32-23(11-7-14-28(32)47)21-17-19-22(20-18-21)31-35-37(41(50)45(54)43(52)39(35)48)34(38-36(31)40(49)44(53)46(55)42(38)51)26-12-8-16-30-33(26)25-10-4-6-15-29(25)56-30/h3-20H,48-55H2,1-2H3. The third-order valence-corrected chi connectivity index (χ3v) is 14.1. The predicted molar refractivity (Wildman–Crippen MR) is 268 cm³/mol. The van der Waals surface area contributed by atoms with Crippen molar-refractivity contribution in [2.45, 2.75) is 19.3 Å². The van der Waals surface area contributed by atoms with Crippen molar-refractivity contribution in [3.05, 3.63) is 120 Å². The molecule has 0 spiro atoms. The Morgan fingerprint density at radius 1 is 0.357 bits per heavy atom. The molecule has 0 saturated carbocycles. The van der Waals surface area contributed by atoms with Gasteiger partial charge in [-0.3, -0.25) is 0 Å². The highest BCUT2D eigenvalue weighted by Gasteiger charge is 2.36. The number of rotatable bonds is 3. The second-order valence-corrected chi connectivity index (χ2v) is 17.0. The van der Waals surface area contributed by atoms with Crippen LogP contribution in [0.15, 0.2) is 114 Å². The van der Waals surface area contributed by atoms with Crippen molar-refractivity contribution in [2.24, 2.45) is 0 Å². The summed E-state index contributed by atoms with van der Waals surface area (Å²) in [5, 5.41) is 7.75. The van der Waals surface area contributed by atoms with Crippen LogP contribution in [0.2, 0.25) is 0 Å². The maximum absolute atomic E-state index is 6.53. The molecule has 0 atom stereocenters. The van der Waals surface area contributed by atoms with Gasteiger partial charge in [0, 0.05) is 16.2 Å². The summed E-state index contributed by atoms with van der Waals surface area (Å²) in [6.07, 6.45) is 0. The molecule has 1 heterocycles. The largest absolute Gasteiger partial charge is 0.456 e. The first-order valence-electron chi connectivity index (χ1n) is 20.1. The van der Waals surface area contributed by atoms with Gasteiger partial charge in [-0.2, -0.15) is 0 Å². The fourth-order valence-electron chi connectivity index (χ4n) is 10.5. The molecule has 10 rings (SSSR count). The molecule has 0 amide bonds. The van der Waals surface area contributed by atoms with E-state index in [1.54, 1.807) is 0 Å². The summed E-state index contributed by atoms with van der Waals surface area (Å²) in [6, 6.07) is 40.5. The van der Waals surface area contributed by atoms with E-state index in [0.29, 0.717) is 0 Å². The van der Waals surface area contributed by atoms with E-state index in [2.05, 4.69) is 186 Å². The summed E-state index contributed by atoms with van der Waals surface area (Å²) >= 11 is 0. The van der Waals surface area contributed by atoms with Crippen molar-refractivity contribution < 1.29 is 4.42 Å². The monoisotopic (exact) mass is 708 g/mol. The van der Waals surface area contributed by atoms with Gasteiger partial charge in [-0.1, -0.05) is 133 Å². The van der Waals surface area contributed by atoms with Gasteiger partial charge in [-0.25, -0.2) is 0 Å². The van der Waals surface area contributed by atoms with Gasteiger partial charge in [0.25, 0.3) is 0 Å². The summed E-state index contributed by atoms with van der Waals surface area (Å²) in [7, 11) is 18.6. The summed E-state index contributed by atoms with van der Waals surface area (Å²) in [6.45, 7) is 4.73. The molecule has 0 fully saturated rings. The topological polar surface area (TPSA) is 13.1 Å². The number of hydrogen-bond acceptors (Lipinski definition) is 1. The van der Waals surface area contributed by atoms with E-state index < -0.39 is 0 Å². The minimum atomic E-state index is -0.0364. The van der Waals surface area contributed by atoms with Crippen LogP contribution in [0.3, 0.4) is 0 Å². The Bertz CT molecular complexity index is 3110. The lowest BCUT2D eigenvalue weighted by Crippen LogP contribution is -2.50. The van der Waals surface area contributed by atoms with Crippen LogP contribution in [-0.4, -0.2) is 62.8 Å². The number of fused-ring (bicyclic) bond motifs is 8. The number of furan rings is 1. The van der Waals surface area contributed by atoms with Gasteiger partial charge in [0.1, 0.15) is 73.9 Å². The maximum Gasteiger partial charge on any atom is 0.139 e. The van der Waals surface area contributed by atoms with E-state index in [1.165, 1.54) is 126 Å². The molecular weight excluding hydrogens is 667 g/mol. The first-order valence-corrected chi connectivity index (χ1v) is 20.1. The van der Waals surface area contributed by atoms with Gasteiger partial charge in [0.05, 0.1) is 0 Å². The molecule has 0 aliphatic heterocycles. The minimum absolute atomic E-state index is 0.0364. The van der Waals surface area contributed by atoms with E-state index in [4.69, 9.17) is 4.42 Å². The Morgan fingerprint density at radius 2 is 0.821 bits per heavy atom. The normalized spacial score (nSPS) is 13.2. The molecule has 0 unspecified atom stereocenters. The predicted octanol–water partition coefficient (Wildman–Crippen LogP) is -0.733. The van der Waals surface area contributed by atoms with Gasteiger partial charge < -0.3 is 4.42 Å². The smallest absolute Gasteiger partial charge is 0.139 e. The highest BCUT2D eigenvalue weighted by molar-refractivity contribution is 6.71. The molecule has 0 bridgehead atoms. The van der Waals surface area contributed by atoms with Crippen LogP contribution >= 0.6 is 0 Å². The molecule has 1 nitrogen and oxygen atoms in total. The van der Waals surface area contributed by atoms with Crippen LogP contribution in [0.25, 0.3) is 88.0 Å². The number of para-hydroxylation sites is 1. The van der Waals surface area contributed by atoms with Gasteiger partial charge in [-0.15, -0.1) is 21.9 Å². The number of benzene rings is 8. The molecule has 258 valence electrons. The van der Waals surface area contributed by atoms with Crippen molar-refractivity contribution in [1.29, 1.82) is 0 Å². The fraction of sp³-hybridized carbons (Fsp3) is 0.0638. The van der Waals surface area contributed by atoms with Gasteiger partial charge in [0.2, 0.25) is 0 Å². The molecule has 56 heavy (non-hydrogen) atoms. The van der Waals surface area contributed by atoms with Crippen LogP contribution in [0.5, 0.6) is 0 Å². The average Bonchev–Trinajstić information content (AvgIpc) is 3.72. The SMILES string of the molecule is Bc1c(B)c(B)c2c(-c3cccc4oc5ccccc5c34)c3c(B)c(B)c(B)c(B)c3c(-c3ccc(-c4cccc5c4-c4ccccc4C5(C)C)cc3)c2c1B. The molecule has 8 aromatic carbocycles. The maximum atomic E-state index is 6.53. The van der Waals surface area contributed by atoms with Crippen molar-refractivity contribution in [1.82, 2.24) is 0 Å². The second kappa shape index (κ2) is 12.3. The quantitative estimate of drug-likeness (QED) is 0.175. The zero-order valence-electron chi connectivity index (χ0n) is 34.3. The molecule has 1 aliphatic carbocycles. The summed E-state index contributed by atoms with van der Waals surface area (Å²) in [4.78, 5) is 0. The molecule has 9 aromatic rings. The first kappa shape index (κ1) is 35.0.